The number of halogens is 1. The largest absolute Gasteiger partial charge is 0.347 e. The van der Waals surface area contributed by atoms with Crippen LogP contribution in [0.3, 0.4) is 0 Å². The standard InChI is InChI=1S/C27H27FN6O3/c1-27(25(35)30-19-7-5-4-6-8-19)15-36-24(37-16-27)23-32-21(17-9-11-18(28)12-10-17)22(33-23)20-13-14-29-26(31-20)34(2)3/h4-14,24H,15-16H2,1-3H3,(H,30,35)(H,32,33). The van der Waals surface area contributed by atoms with Crippen molar-refractivity contribution < 1.29 is 18.7 Å². The highest BCUT2D eigenvalue weighted by Crippen LogP contribution is 2.36. The average molecular weight is 503 g/mol. The Morgan fingerprint density at radius 2 is 1.76 bits per heavy atom. The summed E-state index contributed by atoms with van der Waals surface area (Å²) in [5.74, 6) is 0.417. The topological polar surface area (TPSA) is 105 Å². The predicted octanol–water partition coefficient (Wildman–Crippen LogP) is 4.43. The number of aromatic nitrogens is 4. The number of hydrogen-bond donors (Lipinski definition) is 2. The summed E-state index contributed by atoms with van der Waals surface area (Å²) in [4.78, 5) is 31.7. The number of amides is 1. The molecule has 1 aliphatic heterocycles. The summed E-state index contributed by atoms with van der Waals surface area (Å²) in [6, 6.07) is 17.1. The third-order valence-corrected chi connectivity index (χ3v) is 6.05. The van der Waals surface area contributed by atoms with Crippen molar-refractivity contribution in [2.24, 2.45) is 5.41 Å². The van der Waals surface area contributed by atoms with E-state index in [4.69, 9.17) is 14.5 Å². The number of ether oxygens (including phenoxy) is 2. The van der Waals surface area contributed by atoms with Crippen LogP contribution in [0.25, 0.3) is 22.6 Å². The van der Waals surface area contributed by atoms with E-state index < -0.39 is 11.7 Å². The van der Waals surface area contributed by atoms with Crippen LogP contribution in [-0.2, 0) is 14.3 Å². The van der Waals surface area contributed by atoms with Crippen LogP contribution in [0.4, 0.5) is 16.0 Å². The highest BCUT2D eigenvalue weighted by molar-refractivity contribution is 5.95. The Labute approximate surface area is 213 Å². The highest BCUT2D eigenvalue weighted by atomic mass is 19.1. The molecule has 0 bridgehead atoms. The van der Waals surface area contributed by atoms with Gasteiger partial charge in [-0.25, -0.2) is 19.3 Å². The summed E-state index contributed by atoms with van der Waals surface area (Å²) in [7, 11) is 3.71. The molecule has 10 heteroatoms. The van der Waals surface area contributed by atoms with Gasteiger partial charge in [-0.1, -0.05) is 18.2 Å². The molecule has 1 amide bonds. The Hall–Kier alpha value is -4.15. The normalized spacial score (nSPS) is 19.4. The van der Waals surface area contributed by atoms with Gasteiger partial charge in [0, 0.05) is 31.5 Å². The molecule has 2 N–H and O–H groups in total. The van der Waals surface area contributed by atoms with Crippen LogP contribution in [0.15, 0.2) is 66.9 Å². The number of rotatable bonds is 6. The summed E-state index contributed by atoms with van der Waals surface area (Å²) < 4.78 is 25.6. The lowest BCUT2D eigenvalue weighted by atomic mass is 9.91. The molecule has 0 unspecified atom stereocenters. The van der Waals surface area contributed by atoms with Crippen molar-refractivity contribution in [2.45, 2.75) is 13.2 Å². The number of nitrogens with one attached hydrogen (secondary N) is 2. The van der Waals surface area contributed by atoms with Crippen LogP contribution in [-0.4, -0.2) is 53.2 Å². The van der Waals surface area contributed by atoms with Gasteiger partial charge in [0.2, 0.25) is 18.1 Å². The molecule has 2 aromatic heterocycles. The first-order chi connectivity index (χ1) is 17.8. The summed E-state index contributed by atoms with van der Waals surface area (Å²) in [5.41, 5.74) is 2.33. The summed E-state index contributed by atoms with van der Waals surface area (Å²) in [6.45, 7) is 2.07. The molecule has 2 aromatic carbocycles. The first kappa shape index (κ1) is 24.5. The lowest BCUT2D eigenvalue weighted by Gasteiger charge is -2.35. The number of para-hydroxylation sites is 1. The number of imidazole rings is 1. The Bertz CT molecular complexity index is 1380. The number of H-pyrrole nitrogens is 1. The number of benzene rings is 2. The molecule has 37 heavy (non-hydrogen) atoms. The Morgan fingerprint density at radius 3 is 2.43 bits per heavy atom. The SMILES string of the molecule is CN(C)c1nccc(-c2[nH]c(C3OCC(C)(C(=O)Nc4ccccc4)CO3)nc2-c2ccc(F)cc2)n1. The van der Waals surface area contributed by atoms with Crippen molar-refractivity contribution in [1.29, 1.82) is 0 Å². The minimum absolute atomic E-state index is 0.135. The van der Waals surface area contributed by atoms with Crippen molar-refractivity contribution in [3.8, 4) is 22.6 Å². The van der Waals surface area contributed by atoms with Crippen LogP contribution >= 0.6 is 0 Å². The average Bonchev–Trinajstić information content (AvgIpc) is 3.36. The zero-order chi connectivity index (χ0) is 26.0. The first-order valence-electron chi connectivity index (χ1n) is 11.8. The van der Waals surface area contributed by atoms with Gasteiger partial charge < -0.3 is 24.7 Å². The van der Waals surface area contributed by atoms with Gasteiger partial charge in [-0.15, -0.1) is 0 Å². The molecule has 0 radical (unpaired) electrons. The number of anilines is 2. The van der Waals surface area contributed by atoms with E-state index in [1.165, 1.54) is 12.1 Å². The van der Waals surface area contributed by atoms with Crippen LogP contribution in [0, 0.1) is 11.2 Å². The van der Waals surface area contributed by atoms with Crippen molar-refractivity contribution in [3.63, 3.8) is 0 Å². The summed E-state index contributed by atoms with van der Waals surface area (Å²) in [5, 5.41) is 2.91. The Kier molecular flexibility index (Phi) is 6.68. The molecule has 4 aromatic rings. The molecule has 0 saturated carbocycles. The summed E-state index contributed by atoms with van der Waals surface area (Å²) in [6.07, 6.45) is 0.845. The Morgan fingerprint density at radius 1 is 1.05 bits per heavy atom. The second-order valence-corrected chi connectivity index (χ2v) is 9.32. The maximum absolute atomic E-state index is 13.6. The smallest absolute Gasteiger partial charge is 0.234 e. The second-order valence-electron chi connectivity index (χ2n) is 9.32. The van der Waals surface area contributed by atoms with E-state index in [0.717, 1.165) is 0 Å². The van der Waals surface area contributed by atoms with Crippen LogP contribution in [0.5, 0.6) is 0 Å². The van der Waals surface area contributed by atoms with E-state index >= 15 is 0 Å². The molecular formula is C27H27FN6O3. The molecule has 5 rings (SSSR count). The molecule has 1 saturated heterocycles. The van der Waals surface area contributed by atoms with Gasteiger partial charge in [0.05, 0.1) is 35.7 Å². The number of carbonyl (C=O) groups excluding carboxylic acids is 1. The third-order valence-electron chi connectivity index (χ3n) is 6.05. The fraction of sp³-hybridized carbons (Fsp3) is 0.259. The van der Waals surface area contributed by atoms with E-state index in [9.17, 15) is 9.18 Å². The molecule has 9 nitrogen and oxygen atoms in total. The van der Waals surface area contributed by atoms with Gasteiger partial charge in [0.1, 0.15) is 5.82 Å². The third kappa shape index (κ3) is 5.20. The minimum atomic E-state index is -0.880. The highest BCUT2D eigenvalue weighted by Gasteiger charge is 2.41. The van der Waals surface area contributed by atoms with Gasteiger partial charge in [-0.2, -0.15) is 0 Å². The zero-order valence-corrected chi connectivity index (χ0v) is 20.7. The Balaban J connectivity index is 1.41. The summed E-state index contributed by atoms with van der Waals surface area (Å²) >= 11 is 0. The van der Waals surface area contributed by atoms with Crippen molar-refractivity contribution in [2.75, 3.05) is 37.5 Å². The van der Waals surface area contributed by atoms with Gasteiger partial charge in [0.25, 0.3) is 0 Å². The first-order valence-corrected chi connectivity index (χ1v) is 11.8. The molecule has 190 valence electrons. The minimum Gasteiger partial charge on any atom is -0.347 e. The number of carbonyl (C=O) groups is 1. The number of aromatic amines is 1. The zero-order valence-electron chi connectivity index (χ0n) is 20.7. The fourth-order valence-corrected chi connectivity index (χ4v) is 3.91. The molecule has 3 heterocycles. The number of nitrogens with zero attached hydrogens (tertiary/aromatic N) is 4. The van der Waals surface area contributed by atoms with Gasteiger partial charge >= 0.3 is 0 Å². The quantitative estimate of drug-likeness (QED) is 0.402. The van der Waals surface area contributed by atoms with Gasteiger partial charge in [-0.05, 0) is 49.4 Å². The second kappa shape index (κ2) is 10.1. The monoisotopic (exact) mass is 502 g/mol. The maximum atomic E-state index is 13.6. The molecule has 0 atom stereocenters. The van der Waals surface area contributed by atoms with Gasteiger partial charge in [0.15, 0.2) is 5.82 Å². The lowest BCUT2D eigenvalue weighted by molar-refractivity contribution is -0.229. The van der Waals surface area contributed by atoms with E-state index in [0.29, 0.717) is 40.1 Å². The number of hydrogen-bond acceptors (Lipinski definition) is 7. The van der Waals surface area contributed by atoms with Crippen LogP contribution in [0.2, 0.25) is 0 Å². The van der Waals surface area contributed by atoms with E-state index in [2.05, 4.69) is 20.3 Å². The van der Waals surface area contributed by atoms with E-state index in [1.54, 1.807) is 36.2 Å². The van der Waals surface area contributed by atoms with Crippen molar-refractivity contribution in [1.82, 2.24) is 19.9 Å². The van der Waals surface area contributed by atoms with Crippen LogP contribution < -0.4 is 10.2 Å². The van der Waals surface area contributed by atoms with Crippen LogP contribution in [0.1, 0.15) is 19.0 Å². The van der Waals surface area contributed by atoms with E-state index in [1.807, 2.05) is 44.4 Å². The lowest BCUT2D eigenvalue weighted by Crippen LogP contribution is -2.45. The molecule has 1 aliphatic rings. The molecular weight excluding hydrogens is 475 g/mol. The predicted molar refractivity (Wildman–Crippen MR) is 137 cm³/mol. The molecule has 1 fully saturated rings. The van der Waals surface area contributed by atoms with Crippen molar-refractivity contribution in [3.05, 3.63) is 78.5 Å². The van der Waals surface area contributed by atoms with Crippen molar-refractivity contribution >= 4 is 17.5 Å². The van der Waals surface area contributed by atoms with E-state index in [-0.39, 0.29) is 24.9 Å². The molecule has 0 aliphatic carbocycles. The molecule has 0 spiro atoms. The fourth-order valence-electron chi connectivity index (χ4n) is 3.91. The van der Waals surface area contributed by atoms with Gasteiger partial charge in [-0.3, -0.25) is 4.79 Å². The maximum Gasteiger partial charge on any atom is 0.234 e.